The lowest BCUT2D eigenvalue weighted by Gasteiger charge is -2.12. The average Bonchev–Trinajstić information content (AvgIpc) is 3.19. The van der Waals surface area contributed by atoms with E-state index >= 15 is 0 Å². The van der Waals surface area contributed by atoms with Crippen molar-refractivity contribution in [3.63, 3.8) is 0 Å². The van der Waals surface area contributed by atoms with Gasteiger partial charge in [-0.25, -0.2) is 0 Å². The normalized spacial score (nSPS) is 10.9. The third kappa shape index (κ3) is 6.20. The van der Waals surface area contributed by atoms with Crippen LogP contribution in [0.1, 0.15) is 0 Å². The summed E-state index contributed by atoms with van der Waals surface area (Å²) in [5.74, 6) is 0. The predicted octanol–water partition coefficient (Wildman–Crippen LogP) is 12.1. The number of hydrogen-bond donors (Lipinski definition) is 0. The van der Waals surface area contributed by atoms with Crippen LogP contribution in [0.2, 0.25) is 0 Å². The number of rotatable bonds is 7. The third-order valence-electron chi connectivity index (χ3n) is 8.80. The Labute approximate surface area is 281 Å². The predicted molar refractivity (Wildman–Crippen MR) is 200 cm³/mol. The van der Waals surface area contributed by atoms with Crippen LogP contribution < -0.4 is 0 Å². The van der Waals surface area contributed by atoms with Crippen molar-refractivity contribution in [2.24, 2.45) is 0 Å². The summed E-state index contributed by atoms with van der Waals surface area (Å²) < 4.78 is 0. The van der Waals surface area contributed by atoms with Crippen molar-refractivity contribution in [3.8, 4) is 78.0 Å². The maximum Gasteiger partial charge on any atom is 0.0702 e. The molecule has 0 N–H and O–H groups in total. The van der Waals surface area contributed by atoms with Gasteiger partial charge in [-0.05, 0) is 116 Å². The Morgan fingerprint density at radius 3 is 1.21 bits per heavy atom. The zero-order valence-corrected chi connectivity index (χ0v) is 26.4. The van der Waals surface area contributed by atoms with Crippen LogP contribution in [0.15, 0.2) is 195 Å². The van der Waals surface area contributed by atoms with E-state index < -0.39 is 0 Å². The van der Waals surface area contributed by atoms with Crippen LogP contribution in [0, 0.1) is 0 Å². The van der Waals surface area contributed by atoms with Crippen LogP contribution >= 0.6 is 0 Å². The second-order valence-corrected chi connectivity index (χ2v) is 11.9. The van der Waals surface area contributed by atoms with Crippen molar-refractivity contribution in [1.82, 2.24) is 9.97 Å². The number of aromatic nitrogens is 2. The fourth-order valence-electron chi connectivity index (χ4n) is 6.30. The minimum absolute atomic E-state index is 0.947. The molecule has 0 atom stereocenters. The van der Waals surface area contributed by atoms with Crippen molar-refractivity contribution in [3.05, 3.63) is 195 Å². The molecule has 0 radical (unpaired) electrons. The van der Waals surface area contributed by atoms with E-state index in [1.165, 1.54) is 44.5 Å². The topological polar surface area (TPSA) is 25.8 Å². The minimum atomic E-state index is 0.947. The Morgan fingerprint density at radius 1 is 0.250 bits per heavy atom. The van der Waals surface area contributed by atoms with Gasteiger partial charge >= 0.3 is 0 Å². The summed E-state index contributed by atoms with van der Waals surface area (Å²) >= 11 is 0. The molecular formula is C46H32N2. The summed E-state index contributed by atoms with van der Waals surface area (Å²) in [7, 11) is 0. The first kappa shape index (κ1) is 29.1. The summed E-state index contributed by atoms with van der Waals surface area (Å²) in [6.45, 7) is 0. The van der Waals surface area contributed by atoms with Gasteiger partial charge < -0.3 is 0 Å². The molecule has 6 aromatic carbocycles. The lowest BCUT2D eigenvalue weighted by molar-refractivity contribution is 1.32. The molecular weight excluding hydrogens is 581 g/mol. The smallest absolute Gasteiger partial charge is 0.0702 e. The van der Waals surface area contributed by atoms with E-state index in [4.69, 9.17) is 0 Å². The largest absolute Gasteiger partial charge is 0.264 e. The standard InChI is InChI=1S/C46H32N2/c1-2-10-33(11-3-1)34-20-22-35(23-21-34)36-12-6-13-37(26-36)38-14-7-15-39(27-38)40-16-8-17-41(28-40)43-29-44(42-18-9-24-47-32-42)31-45(30-43)46-19-4-5-25-48-46/h1-32H. The molecule has 8 aromatic rings. The van der Waals surface area contributed by atoms with Gasteiger partial charge in [-0.2, -0.15) is 0 Å². The van der Waals surface area contributed by atoms with Gasteiger partial charge in [0, 0.05) is 29.7 Å². The lowest BCUT2D eigenvalue weighted by Crippen LogP contribution is -1.89. The van der Waals surface area contributed by atoms with Crippen molar-refractivity contribution >= 4 is 0 Å². The monoisotopic (exact) mass is 612 g/mol. The number of pyridine rings is 2. The highest BCUT2D eigenvalue weighted by atomic mass is 14.7. The molecule has 48 heavy (non-hydrogen) atoms. The van der Waals surface area contributed by atoms with E-state index in [2.05, 4.69) is 168 Å². The van der Waals surface area contributed by atoms with Gasteiger partial charge in [-0.1, -0.05) is 121 Å². The summed E-state index contributed by atoms with van der Waals surface area (Å²) in [5, 5.41) is 0. The Hall–Kier alpha value is -6.38. The molecule has 2 aromatic heterocycles. The zero-order valence-electron chi connectivity index (χ0n) is 26.4. The van der Waals surface area contributed by atoms with Gasteiger partial charge in [0.25, 0.3) is 0 Å². The maximum atomic E-state index is 4.65. The van der Waals surface area contributed by atoms with E-state index in [0.717, 1.165) is 33.5 Å². The molecule has 0 spiro atoms. The van der Waals surface area contributed by atoms with Crippen LogP contribution in [0.4, 0.5) is 0 Å². The Morgan fingerprint density at radius 2 is 0.667 bits per heavy atom. The van der Waals surface area contributed by atoms with E-state index in [1.54, 1.807) is 0 Å². The molecule has 0 fully saturated rings. The van der Waals surface area contributed by atoms with Crippen LogP contribution in [0.3, 0.4) is 0 Å². The van der Waals surface area contributed by atoms with Crippen LogP contribution in [0.25, 0.3) is 78.0 Å². The summed E-state index contributed by atoms with van der Waals surface area (Å²) in [6, 6.07) is 62.6. The first-order valence-corrected chi connectivity index (χ1v) is 16.2. The van der Waals surface area contributed by atoms with Gasteiger partial charge in [-0.15, -0.1) is 0 Å². The molecule has 0 unspecified atom stereocenters. The van der Waals surface area contributed by atoms with Crippen LogP contribution in [-0.2, 0) is 0 Å². The van der Waals surface area contributed by atoms with Crippen molar-refractivity contribution in [2.75, 3.05) is 0 Å². The van der Waals surface area contributed by atoms with Crippen molar-refractivity contribution in [1.29, 1.82) is 0 Å². The van der Waals surface area contributed by atoms with Crippen LogP contribution in [0.5, 0.6) is 0 Å². The Bertz CT molecular complexity index is 2250. The average molecular weight is 613 g/mol. The SMILES string of the molecule is c1ccc(-c2ccc(-c3cccc(-c4cccc(-c5cccc(-c6cc(-c7cccnc7)cc(-c7ccccn7)c6)c5)c4)c3)cc2)cc1. The molecule has 2 heterocycles. The van der Waals surface area contributed by atoms with Gasteiger partial charge in [0.05, 0.1) is 5.69 Å². The summed E-state index contributed by atoms with van der Waals surface area (Å²) in [6.07, 6.45) is 5.57. The highest BCUT2D eigenvalue weighted by Crippen LogP contribution is 2.35. The number of hydrogen-bond acceptors (Lipinski definition) is 2. The van der Waals surface area contributed by atoms with E-state index in [0.29, 0.717) is 0 Å². The molecule has 0 saturated carbocycles. The fourth-order valence-corrected chi connectivity index (χ4v) is 6.30. The van der Waals surface area contributed by atoms with E-state index in [-0.39, 0.29) is 0 Å². The molecule has 0 bridgehead atoms. The molecule has 2 nitrogen and oxygen atoms in total. The fraction of sp³-hybridized carbons (Fsp3) is 0. The molecule has 0 aliphatic rings. The second kappa shape index (κ2) is 13.2. The summed E-state index contributed by atoms with van der Waals surface area (Å²) in [5.41, 5.74) is 16.1. The van der Waals surface area contributed by atoms with Gasteiger partial charge in [0.15, 0.2) is 0 Å². The van der Waals surface area contributed by atoms with Gasteiger partial charge in [0.2, 0.25) is 0 Å². The summed E-state index contributed by atoms with van der Waals surface area (Å²) in [4.78, 5) is 9.02. The third-order valence-corrected chi connectivity index (χ3v) is 8.80. The van der Waals surface area contributed by atoms with Crippen LogP contribution in [-0.4, -0.2) is 9.97 Å². The molecule has 0 aliphatic heterocycles. The first-order chi connectivity index (χ1) is 23.8. The number of nitrogens with zero attached hydrogens (tertiary/aromatic N) is 2. The molecule has 2 heteroatoms. The number of benzene rings is 6. The molecule has 0 saturated heterocycles. The molecule has 0 aliphatic carbocycles. The van der Waals surface area contributed by atoms with E-state index in [1.807, 2.05) is 36.8 Å². The second-order valence-electron chi connectivity index (χ2n) is 11.9. The Kier molecular flexibility index (Phi) is 7.96. The molecule has 226 valence electrons. The highest BCUT2D eigenvalue weighted by molar-refractivity contribution is 5.83. The van der Waals surface area contributed by atoms with Gasteiger partial charge in [-0.3, -0.25) is 9.97 Å². The Balaban J connectivity index is 1.12. The van der Waals surface area contributed by atoms with Gasteiger partial charge in [0.1, 0.15) is 0 Å². The van der Waals surface area contributed by atoms with Crippen molar-refractivity contribution in [2.45, 2.75) is 0 Å². The zero-order chi connectivity index (χ0) is 32.1. The molecule has 8 rings (SSSR count). The maximum absolute atomic E-state index is 4.65. The minimum Gasteiger partial charge on any atom is -0.264 e. The quantitative estimate of drug-likeness (QED) is 0.179. The highest BCUT2D eigenvalue weighted by Gasteiger charge is 2.10. The van der Waals surface area contributed by atoms with Crippen molar-refractivity contribution < 1.29 is 0 Å². The lowest BCUT2D eigenvalue weighted by atomic mass is 9.92. The first-order valence-electron chi connectivity index (χ1n) is 16.2. The molecule has 0 amide bonds. The van der Waals surface area contributed by atoms with E-state index in [9.17, 15) is 0 Å².